The number of fused-ring (bicyclic) bond motifs is 1. The van der Waals surface area contributed by atoms with E-state index in [2.05, 4.69) is 13.8 Å². The van der Waals surface area contributed by atoms with Crippen molar-refractivity contribution in [3.05, 3.63) is 64.2 Å². The summed E-state index contributed by atoms with van der Waals surface area (Å²) in [6.07, 6.45) is 1.99. The van der Waals surface area contributed by atoms with Gasteiger partial charge in [-0.3, -0.25) is 9.59 Å². The lowest BCUT2D eigenvalue weighted by Crippen LogP contribution is -2.32. The van der Waals surface area contributed by atoms with E-state index < -0.39 is 5.91 Å². The Morgan fingerprint density at radius 1 is 1.12 bits per heavy atom. The van der Waals surface area contributed by atoms with Gasteiger partial charge in [0.2, 0.25) is 5.91 Å². The number of amides is 1. The predicted octanol–water partition coefficient (Wildman–Crippen LogP) is 4.43. The quantitative estimate of drug-likeness (QED) is 0.806. The zero-order valence-corrected chi connectivity index (χ0v) is 15.4. The molecule has 1 amide bonds. The summed E-state index contributed by atoms with van der Waals surface area (Å²) in [4.78, 5) is 21.7. The Morgan fingerprint density at radius 3 is 2.40 bits per heavy atom. The van der Waals surface area contributed by atoms with Gasteiger partial charge in [-0.1, -0.05) is 17.7 Å². The number of ether oxygens (including phenoxy) is 1. The van der Waals surface area contributed by atoms with Gasteiger partial charge < -0.3 is 10.5 Å². The molecule has 5 heteroatoms. The fourth-order valence-corrected chi connectivity index (χ4v) is 2.71. The van der Waals surface area contributed by atoms with Crippen molar-refractivity contribution >= 4 is 23.3 Å². The number of halogens is 1. The SMILES string of the molecule is CC(=O)c1ccc2c(c1)CCC(C)(C)O2.NC(=O)c1cccc(Cl)c1. The van der Waals surface area contributed by atoms with Crippen LogP contribution in [0.5, 0.6) is 5.75 Å². The summed E-state index contributed by atoms with van der Waals surface area (Å²) in [7, 11) is 0. The summed E-state index contributed by atoms with van der Waals surface area (Å²) in [6, 6.07) is 12.2. The highest BCUT2D eigenvalue weighted by atomic mass is 35.5. The largest absolute Gasteiger partial charge is 0.488 e. The third kappa shape index (κ3) is 5.33. The monoisotopic (exact) mass is 359 g/mol. The number of aryl methyl sites for hydroxylation is 1. The third-order valence-corrected chi connectivity index (χ3v) is 4.19. The van der Waals surface area contributed by atoms with E-state index in [9.17, 15) is 9.59 Å². The summed E-state index contributed by atoms with van der Waals surface area (Å²) in [5.41, 5.74) is 7.27. The number of rotatable bonds is 2. The maximum absolute atomic E-state index is 11.2. The Balaban J connectivity index is 0.000000196. The first-order chi connectivity index (χ1) is 11.7. The minimum Gasteiger partial charge on any atom is -0.488 e. The van der Waals surface area contributed by atoms with Gasteiger partial charge in [-0.15, -0.1) is 0 Å². The second kappa shape index (κ2) is 7.70. The van der Waals surface area contributed by atoms with Crippen molar-refractivity contribution in [3.8, 4) is 5.75 Å². The van der Waals surface area contributed by atoms with Crippen LogP contribution < -0.4 is 10.5 Å². The highest BCUT2D eigenvalue weighted by Gasteiger charge is 2.26. The van der Waals surface area contributed by atoms with Gasteiger partial charge in [0.1, 0.15) is 11.4 Å². The molecule has 2 aromatic rings. The van der Waals surface area contributed by atoms with E-state index in [1.54, 1.807) is 25.1 Å². The maximum Gasteiger partial charge on any atom is 0.248 e. The van der Waals surface area contributed by atoms with Crippen LogP contribution in [0.3, 0.4) is 0 Å². The van der Waals surface area contributed by atoms with Crippen molar-refractivity contribution in [2.75, 3.05) is 0 Å². The van der Waals surface area contributed by atoms with Crippen molar-refractivity contribution in [2.45, 2.75) is 39.2 Å². The molecule has 0 atom stereocenters. The summed E-state index contributed by atoms with van der Waals surface area (Å²) in [5.74, 6) is 0.585. The Kier molecular flexibility index (Phi) is 5.85. The van der Waals surface area contributed by atoms with Gasteiger partial charge >= 0.3 is 0 Å². The molecule has 3 rings (SSSR count). The first-order valence-electron chi connectivity index (χ1n) is 8.06. The predicted molar refractivity (Wildman–Crippen MR) is 99.4 cm³/mol. The highest BCUT2D eigenvalue weighted by Crippen LogP contribution is 2.33. The molecule has 0 aromatic heterocycles. The van der Waals surface area contributed by atoms with E-state index in [1.807, 2.05) is 18.2 Å². The summed E-state index contributed by atoms with van der Waals surface area (Å²) in [6.45, 7) is 5.78. The second-order valence-corrected chi connectivity index (χ2v) is 7.05. The number of carbonyl (C=O) groups is 2. The number of primary amides is 1. The minimum atomic E-state index is -0.456. The Morgan fingerprint density at radius 2 is 1.84 bits per heavy atom. The molecule has 4 nitrogen and oxygen atoms in total. The summed E-state index contributed by atoms with van der Waals surface area (Å²) in [5, 5.41) is 0.524. The number of hydrogen-bond acceptors (Lipinski definition) is 3. The van der Waals surface area contributed by atoms with Crippen LogP contribution in [0.1, 0.15) is 53.5 Å². The smallest absolute Gasteiger partial charge is 0.248 e. The van der Waals surface area contributed by atoms with E-state index >= 15 is 0 Å². The van der Waals surface area contributed by atoms with Crippen molar-refractivity contribution in [1.29, 1.82) is 0 Å². The molecule has 0 aliphatic carbocycles. The Bertz CT molecular complexity index is 799. The lowest BCUT2D eigenvalue weighted by Gasteiger charge is -2.32. The van der Waals surface area contributed by atoms with Crippen LogP contribution in [0.15, 0.2) is 42.5 Å². The molecule has 25 heavy (non-hydrogen) atoms. The molecule has 1 aliphatic heterocycles. The average molecular weight is 360 g/mol. The molecule has 0 saturated carbocycles. The molecule has 2 N–H and O–H groups in total. The second-order valence-electron chi connectivity index (χ2n) is 6.62. The fraction of sp³-hybridized carbons (Fsp3) is 0.300. The van der Waals surface area contributed by atoms with Crippen LogP contribution in [0.25, 0.3) is 0 Å². The lowest BCUT2D eigenvalue weighted by molar-refractivity contribution is 0.0846. The third-order valence-electron chi connectivity index (χ3n) is 3.96. The van der Waals surface area contributed by atoms with Crippen LogP contribution in [0.4, 0.5) is 0 Å². The van der Waals surface area contributed by atoms with Gasteiger partial charge in [0.25, 0.3) is 0 Å². The highest BCUT2D eigenvalue weighted by molar-refractivity contribution is 6.30. The van der Waals surface area contributed by atoms with Crippen LogP contribution in [-0.4, -0.2) is 17.3 Å². The van der Waals surface area contributed by atoms with Crippen LogP contribution in [-0.2, 0) is 6.42 Å². The van der Waals surface area contributed by atoms with Gasteiger partial charge in [0, 0.05) is 16.1 Å². The van der Waals surface area contributed by atoms with E-state index in [4.69, 9.17) is 22.1 Å². The molecule has 0 unspecified atom stereocenters. The van der Waals surface area contributed by atoms with Crippen molar-refractivity contribution in [1.82, 2.24) is 0 Å². The molecule has 0 radical (unpaired) electrons. The number of hydrogen-bond donors (Lipinski definition) is 1. The summed E-state index contributed by atoms with van der Waals surface area (Å²) < 4.78 is 5.84. The van der Waals surface area contributed by atoms with E-state index in [0.717, 1.165) is 29.7 Å². The fourth-order valence-electron chi connectivity index (χ4n) is 2.52. The molecule has 0 fully saturated rings. The molecule has 0 spiro atoms. The molecule has 132 valence electrons. The Labute approximate surface area is 152 Å². The first kappa shape index (κ1) is 19.0. The van der Waals surface area contributed by atoms with Crippen LogP contribution in [0.2, 0.25) is 5.02 Å². The molecule has 2 aromatic carbocycles. The zero-order valence-electron chi connectivity index (χ0n) is 14.6. The van der Waals surface area contributed by atoms with Crippen LogP contribution >= 0.6 is 11.6 Å². The van der Waals surface area contributed by atoms with Gasteiger partial charge in [-0.25, -0.2) is 0 Å². The molecular formula is C20H22ClNO3. The maximum atomic E-state index is 11.2. The van der Waals surface area contributed by atoms with E-state index in [-0.39, 0.29) is 11.4 Å². The van der Waals surface area contributed by atoms with Gasteiger partial charge in [-0.05, 0) is 75.6 Å². The normalized spacial score (nSPS) is 14.4. The van der Waals surface area contributed by atoms with E-state index in [1.165, 1.54) is 6.07 Å². The molecule has 0 bridgehead atoms. The summed E-state index contributed by atoms with van der Waals surface area (Å²) >= 11 is 5.58. The molecule has 0 saturated heterocycles. The molecule has 1 heterocycles. The van der Waals surface area contributed by atoms with Gasteiger partial charge in [-0.2, -0.15) is 0 Å². The number of Topliss-reactive ketones (excluding diaryl/α,β-unsaturated/α-hetero) is 1. The topological polar surface area (TPSA) is 69.4 Å². The Hall–Kier alpha value is -2.33. The zero-order chi connectivity index (χ0) is 18.6. The number of carbonyl (C=O) groups excluding carboxylic acids is 2. The molecule has 1 aliphatic rings. The van der Waals surface area contributed by atoms with Gasteiger partial charge in [0.05, 0.1) is 0 Å². The average Bonchev–Trinajstić information content (AvgIpc) is 2.54. The minimum absolute atomic E-state index is 0.0786. The number of ketones is 1. The first-order valence-corrected chi connectivity index (χ1v) is 8.44. The number of benzene rings is 2. The standard InChI is InChI=1S/C13H16O2.C7H6ClNO/c1-9(14)10-4-5-12-11(8-10)6-7-13(2,3)15-12;8-6-3-1-2-5(4-6)7(9)10/h4-5,8H,6-7H2,1-3H3;1-4H,(H2,9,10). The lowest BCUT2D eigenvalue weighted by atomic mass is 9.93. The van der Waals surface area contributed by atoms with Crippen molar-refractivity contribution < 1.29 is 14.3 Å². The van der Waals surface area contributed by atoms with Gasteiger partial charge in [0.15, 0.2) is 5.78 Å². The van der Waals surface area contributed by atoms with Crippen molar-refractivity contribution in [3.63, 3.8) is 0 Å². The van der Waals surface area contributed by atoms with E-state index in [0.29, 0.717) is 10.6 Å². The number of nitrogens with two attached hydrogens (primary N) is 1. The van der Waals surface area contributed by atoms with Crippen molar-refractivity contribution in [2.24, 2.45) is 5.73 Å². The van der Waals surface area contributed by atoms with Crippen LogP contribution in [0, 0.1) is 0 Å². The molecular weight excluding hydrogens is 338 g/mol.